The number of hydrogen-bond acceptors (Lipinski definition) is 1. The van der Waals surface area contributed by atoms with E-state index in [4.69, 9.17) is 17.3 Å². The van der Waals surface area contributed by atoms with Crippen molar-refractivity contribution in [3.63, 3.8) is 0 Å². The Bertz CT molecular complexity index is 1400. The van der Waals surface area contributed by atoms with Crippen molar-refractivity contribution in [1.29, 1.82) is 0 Å². The van der Waals surface area contributed by atoms with Crippen molar-refractivity contribution in [2.75, 3.05) is 0 Å². The molecular weight excluding hydrogens is 392 g/mol. The molecule has 1 unspecified atom stereocenters. The van der Waals surface area contributed by atoms with Gasteiger partial charge in [-0.3, -0.25) is 4.79 Å². The first-order valence-corrected chi connectivity index (χ1v) is 10.1. The summed E-state index contributed by atoms with van der Waals surface area (Å²) < 4.78 is 0. The fraction of sp³-hybridized carbons (Fsp3) is 0.0385. The minimum atomic E-state index is -0.670. The number of fused-ring (bicyclic) bond motifs is 2. The van der Waals surface area contributed by atoms with Crippen LogP contribution < -0.4 is 5.73 Å². The molecule has 0 bridgehead atoms. The van der Waals surface area contributed by atoms with Crippen LogP contribution in [0.4, 0.5) is 0 Å². The van der Waals surface area contributed by atoms with Crippen LogP contribution in [-0.2, 0) is 4.79 Å². The van der Waals surface area contributed by atoms with Crippen molar-refractivity contribution in [3.8, 4) is 11.3 Å². The van der Waals surface area contributed by atoms with E-state index in [1.165, 1.54) is 0 Å². The fourth-order valence-electron chi connectivity index (χ4n) is 4.20. The van der Waals surface area contributed by atoms with Crippen molar-refractivity contribution in [3.05, 3.63) is 107 Å². The highest BCUT2D eigenvalue weighted by Crippen LogP contribution is 2.41. The summed E-state index contributed by atoms with van der Waals surface area (Å²) in [5.41, 5.74) is 10.3. The average molecular weight is 411 g/mol. The van der Waals surface area contributed by atoms with Crippen LogP contribution in [0.1, 0.15) is 17.0 Å². The van der Waals surface area contributed by atoms with Gasteiger partial charge in [0.05, 0.1) is 11.6 Å². The molecule has 0 fully saturated rings. The lowest BCUT2D eigenvalue weighted by molar-refractivity contribution is -0.118. The monoisotopic (exact) mass is 410 g/mol. The van der Waals surface area contributed by atoms with Crippen LogP contribution in [0.5, 0.6) is 0 Å². The third-order valence-electron chi connectivity index (χ3n) is 5.57. The lowest BCUT2D eigenvalue weighted by Crippen LogP contribution is -2.23. The second kappa shape index (κ2) is 7.36. The number of aromatic nitrogens is 1. The van der Waals surface area contributed by atoms with Crippen LogP contribution in [0.25, 0.3) is 32.9 Å². The number of nitrogens with two attached hydrogens (primary N) is 1. The number of carbonyl (C=O) groups is 1. The maximum Gasteiger partial charge on any atom is 0.229 e. The molecule has 3 nitrogen and oxygen atoms in total. The minimum absolute atomic E-state index is 0.435. The molecule has 4 aromatic carbocycles. The number of nitrogens with one attached hydrogen (secondary N) is 1. The normalized spacial score (nSPS) is 12.3. The number of amides is 1. The summed E-state index contributed by atoms with van der Waals surface area (Å²) in [5, 5.41) is 3.78. The van der Waals surface area contributed by atoms with Gasteiger partial charge < -0.3 is 10.7 Å². The molecule has 0 saturated carbocycles. The molecular formula is C26H19ClN2O. The van der Waals surface area contributed by atoms with Gasteiger partial charge in [0.1, 0.15) is 0 Å². The number of benzene rings is 4. The van der Waals surface area contributed by atoms with E-state index < -0.39 is 11.8 Å². The van der Waals surface area contributed by atoms with Crippen LogP contribution in [0.3, 0.4) is 0 Å². The predicted molar refractivity (Wildman–Crippen MR) is 124 cm³/mol. The molecule has 0 aliphatic carbocycles. The molecule has 30 heavy (non-hydrogen) atoms. The van der Waals surface area contributed by atoms with E-state index in [9.17, 15) is 4.79 Å². The Labute approximate surface area is 179 Å². The Kier molecular flexibility index (Phi) is 4.53. The Hall–Kier alpha value is -3.56. The molecule has 1 heterocycles. The lowest BCUT2D eigenvalue weighted by Gasteiger charge is -2.18. The number of H-pyrrole nitrogens is 1. The van der Waals surface area contributed by atoms with Crippen molar-refractivity contribution >= 4 is 39.2 Å². The molecule has 5 aromatic rings. The number of halogens is 1. The van der Waals surface area contributed by atoms with E-state index in [0.29, 0.717) is 10.6 Å². The zero-order valence-corrected chi connectivity index (χ0v) is 16.9. The van der Waals surface area contributed by atoms with Gasteiger partial charge in [0, 0.05) is 21.5 Å². The number of rotatable bonds is 4. The summed E-state index contributed by atoms with van der Waals surface area (Å²) >= 11 is 6.49. The first-order chi connectivity index (χ1) is 14.6. The third-order valence-corrected chi connectivity index (χ3v) is 5.92. The molecule has 146 valence electrons. The zero-order valence-electron chi connectivity index (χ0n) is 16.1. The second-order valence-corrected chi connectivity index (χ2v) is 7.79. The summed E-state index contributed by atoms with van der Waals surface area (Å²) in [7, 11) is 0. The Balaban J connectivity index is 1.82. The van der Waals surface area contributed by atoms with Gasteiger partial charge in [0.15, 0.2) is 0 Å². The first kappa shape index (κ1) is 18.5. The van der Waals surface area contributed by atoms with Crippen molar-refractivity contribution in [2.24, 2.45) is 5.73 Å². The molecule has 1 atom stereocenters. The fourth-order valence-corrected chi connectivity index (χ4v) is 4.44. The average Bonchev–Trinajstić information content (AvgIpc) is 3.14. The first-order valence-electron chi connectivity index (χ1n) is 9.77. The minimum Gasteiger partial charge on any atom is -0.369 e. The highest BCUT2D eigenvalue weighted by molar-refractivity contribution is 6.31. The van der Waals surface area contributed by atoms with Gasteiger partial charge in [0.2, 0.25) is 5.91 Å². The Morgan fingerprint density at radius 3 is 2.33 bits per heavy atom. The molecule has 0 radical (unpaired) electrons. The van der Waals surface area contributed by atoms with Gasteiger partial charge >= 0.3 is 0 Å². The van der Waals surface area contributed by atoms with E-state index in [1.54, 1.807) is 6.07 Å². The van der Waals surface area contributed by atoms with Crippen LogP contribution in [0, 0.1) is 0 Å². The summed E-state index contributed by atoms with van der Waals surface area (Å²) in [5.74, 6) is -1.11. The van der Waals surface area contributed by atoms with E-state index >= 15 is 0 Å². The molecule has 1 amide bonds. The van der Waals surface area contributed by atoms with Gasteiger partial charge in [-0.25, -0.2) is 0 Å². The molecule has 0 saturated heterocycles. The third kappa shape index (κ3) is 3.04. The number of carbonyl (C=O) groups excluding carboxylic acids is 1. The van der Waals surface area contributed by atoms with Crippen molar-refractivity contribution < 1.29 is 4.79 Å². The Morgan fingerprint density at radius 1 is 0.833 bits per heavy atom. The second-order valence-electron chi connectivity index (χ2n) is 7.38. The number of hydrogen-bond donors (Lipinski definition) is 2. The number of primary amides is 1. The van der Waals surface area contributed by atoms with Gasteiger partial charge in [-0.2, -0.15) is 0 Å². The topological polar surface area (TPSA) is 58.9 Å². The quantitative estimate of drug-likeness (QED) is 0.361. The number of para-hydroxylation sites is 1. The standard InChI is InChI=1S/C26H19ClN2O/c27-21-11-5-3-9-19(21)24(26(28)30)23-20-10-4-6-12-22(20)29-25(23)18-14-13-16-7-1-2-8-17(16)15-18/h1-15,24,29H,(H2,28,30). The molecule has 0 aliphatic rings. The summed E-state index contributed by atoms with van der Waals surface area (Å²) in [6.07, 6.45) is 0. The van der Waals surface area contributed by atoms with Crippen molar-refractivity contribution in [1.82, 2.24) is 4.98 Å². The maximum absolute atomic E-state index is 12.7. The Morgan fingerprint density at radius 2 is 1.53 bits per heavy atom. The van der Waals surface area contributed by atoms with Crippen LogP contribution in [0.15, 0.2) is 91.0 Å². The van der Waals surface area contributed by atoms with Gasteiger partial charge in [-0.05, 0) is 40.1 Å². The number of aromatic amines is 1. The zero-order chi connectivity index (χ0) is 20.7. The molecule has 4 heteroatoms. The largest absolute Gasteiger partial charge is 0.369 e. The lowest BCUT2D eigenvalue weighted by atomic mass is 9.86. The van der Waals surface area contributed by atoms with Crippen LogP contribution >= 0.6 is 11.6 Å². The van der Waals surface area contributed by atoms with E-state index in [-0.39, 0.29) is 0 Å². The van der Waals surface area contributed by atoms with Crippen LogP contribution in [-0.4, -0.2) is 10.9 Å². The maximum atomic E-state index is 12.7. The van der Waals surface area contributed by atoms with E-state index in [1.807, 2.05) is 54.6 Å². The highest BCUT2D eigenvalue weighted by Gasteiger charge is 2.29. The highest BCUT2D eigenvalue weighted by atomic mass is 35.5. The van der Waals surface area contributed by atoms with Gasteiger partial charge in [-0.15, -0.1) is 0 Å². The smallest absolute Gasteiger partial charge is 0.229 e. The van der Waals surface area contributed by atoms with Crippen molar-refractivity contribution in [2.45, 2.75) is 5.92 Å². The molecule has 0 aliphatic heterocycles. The molecule has 5 rings (SSSR count). The van der Waals surface area contributed by atoms with E-state index in [0.717, 1.165) is 38.5 Å². The summed E-state index contributed by atoms with van der Waals surface area (Å²) in [6, 6.07) is 29.9. The van der Waals surface area contributed by atoms with Crippen LogP contribution in [0.2, 0.25) is 5.02 Å². The molecule has 0 spiro atoms. The van der Waals surface area contributed by atoms with E-state index in [2.05, 4.69) is 35.3 Å². The molecule has 1 aromatic heterocycles. The molecule has 3 N–H and O–H groups in total. The summed E-state index contributed by atoms with van der Waals surface area (Å²) in [6.45, 7) is 0. The SMILES string of the molecule is NC(=O)C(c1ccccc1Cl)c1c(-c2ccc3ccccc3c2)[nH]c2ccccc12. The van der Waals surface area contributed by atoms with Gasteiger partial charge in [-0.1, -0.05) is 84.4 Å². The summed E-state index contributed by atoms with van der Waals surface area (Å²) in [4.78, 5) is 16.3. The predicted octanol–water partition coefficient (Wildman–Crippen LogP) is 6.26. The van der Waals surface area contributed by atoms with Gasteiger partial charge in [0.25, 0.3) is 0 Å².